The van der Waals surface area contributed by atoms with Crippen LogP contribution in [0.3, 0.4) is 0 Å². The zero-order valence-corrected chi connectivity index (χ0v) is 12.1. The number of alkyl halides is 3. The predicted molar refractivity (Wildman–Crippen MR) is 71.1 cm³/mol. The van der Waals surface area contributed by atoms with Crippen molar-refractivity contribution in [3.63, 3.8) is 0 Å². The first kappa shape index (κ1) is 16.6. The molecule has 0 heterocycles. The number of carbonyl (C=O) groups is 1. The molecule has 0 N–H and O–H groups in total. The number of hydrogen-bond acceptors (Lipinski definition) is 3. The van der Waals surface area contributed by atoms with Gasteiger partial charge in [0.25, 0.3) is 0 Å². The molecule has 0 unspecified atom stereocenters. The lowest BCUT2D eigenvalue weighted by Crippen LogP contribution is -2.17. The molecular formula is C13H12BrF3O3. The van der Waals surface area contributed by atoms with Crippen LogP contribution in [0, 0.1) is 0 Å². The SMILES string of the molecule is CCOC(=O)CC=Cc1ccc(OC(F)(F)F)cc1Br. The van der Waals surface area contributed by atoms with Gasteiger partial charge in [-0.1, -0.05) is 34.1 Å². The minimum absolute atomic E-state index is 0.0983. The molecule has 110 valence electrons. The molecule has 0 aliphatic heterocycles. The van der Waals surface area contributed by atoms with E-state index >= 15 is 0 Å². The Bertz CT molecular complexity index is 498. The van der Waals surface area contributed by atoms with Crippen molar-refractivity contribution in [1.29, 1.82) is 0 Å². The summed E-state index contributed by atoms with van der Waals surface area (Å²) in [4.78, 5) is 11.1. The largest absolute Gasteiger partial charge is 0.573 e. The number of hydrogen-bond donors (Lipinski definition) is 0. The smallest absolute Gasteiger partial charge is 0.466 e. The third-order valence-corrected chi connectivity index (χ3v) is 2.78. The minimum atomic E-state index is -4.72. The second-order valence-corrected chi connectivity index (χ2v) is 4.50. The highest BCUT2D eigenvalue weighted by atomic mass is 79.9. The van der Waals surface area contributed by atoms with Crippen molar-refractivity contribution in [1.82, 2.24) is 0 Å². The molecular weight excluding hydrogens is 341 g/mol. The fourth-order valence-corrected chi connectivity index (χ4v) is 1.83. The Hall–Kier alpha value is -1.50. The molecule has 0 atom stereocenters. The van der Waals surface area contributed by atoms with Crippen LogP contribution in [0.4, 0.5) is 13.2 Å². The normalized spacial score (nSPS) is 11.7. The zero-order valence-electron chi connectivity index (χ0n) is 10.5. The van der Waals surface area contributed by atoms with Gasteiger partial charge in [-0.2, -0.15) is 0 Å². The van der Waals surface area contributed by atoms with Crippen LogP contribution in [0.15, 0.2) is 28.7 Å². The van der Waals surface area contributed by atoms with Gasteiger partial charge in [-0.05, 0) is 24.6 Å². The summed E-state index contributed by atoms with van der Waals surface area (Å²) in [6, 6.07) is 3.85. The Kier molecular flexibility index (Phi) is 6.06. The molecule has 7 heteroatoms. The van der Waals surface area contributed by atoms with E-state index in [1.807, 2.05) is 0 Å². The number of benzene rings is 1. The van der Waals surface area contributed by atoms with Crippen molar-refractivity contribution >= 4 is 28.0 Å². The second kappa shape index (κ2) is 7.33. The topological polar surface area (TPSA) is 35.5 Å². The fraction of sp³-hybridized carbons (Fsp3) is 0.308. The summed E-state index contributed by atoms with van der Waals surface area (Å²) < 4.78 is 45.1. The van der Waals surface area contributed by atoms with Crippen molar-refractivity contribution in [3.8, 4) is 5.75 Å². The van der Waals surface area contributed by atoms with Crippen LogP contribution in [0.2, 0.25) is 0 Å². The zero-order chi connectivity index (χ0) is 15.2. The van der Waals surface area contributed by atoms with Crippen molar-refractivity contribution in [2.45, 2.75) is 19.7 Å². The number of rotatable bonds is 5. The highest BCUT2D eigenvalue weighted by Gasteiger charge is 2.31. The predicted octanol–water partition coefficient (Wildman–Crippen LogP) is 4.31. The Balaban J connectivity index is 2.69. The maximum Gasteiger partial charge on any atom is 0.573 e. The highest BCUT2D eigenvalue weighted by molar-refractivity contribution is 9.10. The van der Waals surface area contributed by atoms with Crippen molar-refractivity contribution in [3.05, 3.63) is 34.3 Å². The van der Waals surface area contributed by atoms with Crippen LogP contribution >= 0.6 is 15.9 Å². The minimum Gasteiger partial charge on any atom is -0.466 e. The van der Waals surface area contributed by atoms with E-state index in [-0.39, 0.29) is 18.1 Å². The average molecular weight is 353 g/mol. The Morgan fingerprint density at radius 3 is 2.65 bits per heavy atom. The molecule has 0 aromatic heterocycles. The molecule has 3 nitrogen and oxygen atoms in total. The Labute approximate surface area is 122 Å². The molecule has 0 saturated heterocycles. The molecule has 0 fully saturated rings. The molecule has 20 heavy (non-hydrogen) atoms. The number of halogens is 4. The van der Waals surface area contributed by atoms with E-state index in [9.17, 15) is 18.0 Å². The summed E-state index contributed by atoms with van der Waals surface area (Å²) in [7, 11) is 0. The van der Waals surface area contributed by atoms with Crippen molar-refractivity contribution in [2.24, 2.45) is 0 Å². The summed E-state index contributed by atoms with van der Waals surface area (Å²) in [5.74, 6) is -0.677. The quantitative estimate of drug-likeness (QED) is 0.740. The van der Waals surface area contributed by atoms with E-state index in [4.69, 9.17) is 4.74 Å². The lowest BCUT2D eigenvalue weighted by atomic mass is 10.2. The van der Waals surface area contributed by atoms with Crippen LogP contribution < -0.4 is 4.74 Å². The van der Waals surface area contributed by atoms with E-state index in [2.05, 4.69) is 20.7 Å². The third-order valence-electron chi connectivity index (χ3n) is 2.09. The fourth-order valence-electron chi connectivity index (χ4n) is 1.34. The standard InChI is InChI=1S/C13H12BrF3O3/c1-2-19-12(18)5-3-4-9-6-7-10(8-11(9)14)20-13(15,16)17/h3-4,6-8H,2,5H2,1H3. The van der Waals surface area contributed by atoms with Gasteiger partial charge in [0.1, 0.15) is 5.75 Å². The van der Waals surface area contributed by atoms with Crippen LogP contribution in [0.1, 0.15) is 18.9 Å². The molecule has 0 amide bonds. The molecule has 1 aromatic rings. The van der Waals surface area contributed by atoms with Gasteiger partial charge in [-0.25, -0.2) is 0 Å². The first-order valence-corrected chi connectivity index (χ1v) is 6.48. The van der Waals surface area contributed by atoms with E-state index in [1.54, 1.807) is 19.1 Å². The lowest BCUT2D eigenvalue weighted by Gasteiger charge is -2.09. The molecule has 0 aliphatic carbocycles. The van der Waals surface area contributed by atoms with E-state index in [0.717, 1.165) is 0 Å². The van der Waals surface area contributed by atoms with Gasteiger partial charge in [0.15, 0.2) is 0 Å². The highest BCUT2D eigenvalue weighted by Crippen LogP contribution is 2.28. The lowest BCUT2D eigenvalue weighted by molar-refractivity contribution is -0.274. The van der Waals surface area contributed by atoms with Crippen molar-refractivity contribution < 1.29 is 27.4 Å². The van der Waals surface area contributed by atoms with Gasteiger partial charge in [-0.15, -0.1) is 13.2 Å². The molecule has 0 radical (unpaired) electrons. The number of ether oxygens (including phenoxy) is 2. The van der Waals surface area contributed by atoms with Gasteiger partial charge in [0, 0.05) is 4.47 Å². The Morgan fingerprint density at radius 2 is 2.10 bits per heavy atom. The molecule has 1 aromatic carbocycles. The van der Waals surface area contributed by atoms with Crippen LogP contribution in [0.25, 0.3) is 6.08 Å². The van der Waals surface area contributed by atoms with E-state index < -0.39 is 6.36 Å². The molecule has 0 saturated carbocycles. The van der Waals surface area contributed by atoms with Crippen LogP contribution in [0.5, 0.6) is 5.75 Å². The maximum atomic E-state index is 12.0. The molecule has 0 spiro atoms. The van der Waals surface area contributed by atoms with Gasteiger partial charge in [-0.3, -0.25) is 4.79 Å². The first-order chi connectivity index (χ1) is 9.31. The van der Waals surface area contributed by atoms with Crippen LogP contribution in [-0.2, 0) is 9.53 Å². The second-order valence-electron chi connectivity index (χ2n) is 3.64. The average Bonchev–Trinajstić information content (AvgIpc) is 2.30. The van der Waals surface area contributed by atoms with Gasteiger partial charge in [0.2, 0.25) is 0 Å². The third kappa shape index (κ3) is 6.10. The van der Waals surface area contributed by atoms with Gasteiger partial charge in [0.05, 0.1) is 13.0 Å². The maximum absolute atomic E-state index is 12.0. The summed E-state index contributed by atoms with van der Waals surface area (Å²) in [5, 5.41) is 0. The monoisotopic (exact) mass is 352 g/mol. The van der Waals surface area contributed by atoms with Gasteiger partial charge < -0.3 is 9.47 Å². The summed E-state index contributed by atoms with van der Waals surface area (Å²) >= 11 is 3.14. The Morgan fingerprint density at radius 1 is 1.40 bits per heavy atom. The van der Waals surface area contributed by atoms with Crippen LogP contribution in [-0.4, -0.2) is 18.9 Å². The molecule has 1 rings (SSSR count). The number of carbonyl (C=O) groups excluding carboxylic acids is 1. The summed E-state index contributed by atoms with van der Waals surface area (Å²) in [6.45, 7) is 2.01. The van der Waals surface area contributed by atoms with E-state index in [1.165, 1.54) is 18.2 Å². The van der Waals surface area contributed by atoms with Crippen molar-refractivity contribution in [2.75, 3.05) is 6.61 Å². The van der Waals surface area contributed by atoms with Gasteiger partial charge >= 0.3 is 12.3 Å². The first-order valence-electron chi connectivity index (χ1n) is 5.69. The molecule has 0 bridgehead atoms. The van der Waals surface area contributed by atoms with E-state index in [0.29, 0.717) is 16.6 Å². The number of esters is 1. The summed E-state index contributed by atoms with van der Waals surface area (Å²) in [6.07, 6.45) is -1.44. The summed E-state index contributed by atoms with van der Waals surface area (Å²) in [5.41, 5.74) is 0.629. The molecule has 0 aliphatic rings.